The summed E-state index contributed by atoms with van der Waals surface area (Å²) in [6, 6.07) is 7.40. The number of benzene rings is 1. The summed E-state index contributed by atoms with van der Waals surface area (Å²) in [7, 11) is 0. The molecule has 0 aliphatic carbocycles. The molecule has 2 aliphatic rings. The van der Waals surface area contributed by atoms with E-state index in [4.69, 9.17) is 4.42 Å². The zero-order valence-corrected chi connectivity index (χ0v) is 9.32. The molecule has 16 heavy (non-hydrogen) atoms. The fourth-order valence-electron chi connectivity index (χ4n) is 1.75. The van der Waals surface area contributed by atoms with E-state index in [0.717, 1.165) is 11.2 Å². The number of halogens is 1. The molecule has 1 aromatic rings. The van der Waals surface area contributed by atoms with Gasteiger partial charge in [-0.1, -0.05) is 12.1 Å². The van der Waals surface area contributed by atoms with Crippen molar-refractivity contribution in [3.05, 3.63) is 46.7 Å². The summed E-state index contributed by atoms with van der Waals surface area (Å²) in [4.78, 5) is 15.5. The van der Waals surface area contributed by atoms with Gasteiger partial charge in [-0.15, -0.1) is 12.4 Å². The lowest BCUT2D eigenvalue weighted by atomic mass is 10.3. The molecule has 0 saturated heterocycles. The van der Waals surface area contributed by atoms with Crippen molar-refractivity contribution in [2.24, 2.45) is 0 Å². The maximum atomic E-state index is 11.6. The highest BCUT2D eigenvalue weighted by atomic mass is 35.5. The third-order valence-electron chi connectivity index (χ3n) is 2.47. The van der Waals surface area contributed by atoms with Crippen molar-refractivity contribution in [2.75, 3.05) is 0 Å². The van der Waals surface area contributed by atoms with Gasteiger partial charge in [0.05, 0.1) is 11.2 Å². The lowest BCUT2D eigenvalue weighted by Crippen LogP contribution is -2.14. The van der Waals surface area contributed by atoms with Gasteiger partial charge in [0, 0.05) is 0 Å². The average Bonchev–Trinajstić information content (AvgIpc) is 2.55. The van der Waals surface area contributed by atoms with Gasteiger partial charge >= 0.3 is 5.69 Å². The lowest BCUT2D eigenvalue weighted by molar-refractivity contribution is 0.592. The van der Waals surface area contributed by atoms with Crippen LogP contribution >= 0.6 is 12.4 Å². The molecule has 0 saturated carbocycles. The van der Waals surface area contributed by atoms with Gasteiger partial charge in [0.1, 0.15) is 12.0 Å². The number of hydrogen-bond donors (Lipinski definition) is 0. The van der Waals surface area contributed by atoms with Crippen LogP contribution in [0.25, 0.3) is 16.8 Å². The number of rotatable bonds is 0. The quantitative estimate of drug-likeness (QED) is 0.601. The number of hydrogen-bond acceptors (Lipinski definition) is 3. The number of nitrogens with zero attached hydrogens (tertiary/aromatic N) is 2. The number of imidazole rings is 1. The fraction of sp³-hybridized carbons (Fsp3) is 0.0909. The van der Waals surface area contributed by atoms with E-state index in [0.29, 0.717) is 11.3 Å². The summed E-state index contributed by atoms with van der Waals surface area (Å²) in [5, 5.41) is 0. The van der Waals surface area contributed by atoms with Crippen molar-refractivity contribution in [3.63, 3.8) is 0 Å². The maximum absolute atomic E-state index is 11.6. The monoisotopic (exact) mass is 236 g/mol. The maximum Gasteiger partial charge on any atom is 0.353 e. The van der Waals surface area contributed by atoms with E-state index in [2.05, 4.69) is 4.98 Å². The minimum Gasteiger partial charge on any atom is -0.461 e. The zero-order chi connectivity index (χ0) is 10.4. The van der Waals surface area contributed by atoms with Crippen molar-refractivity contribution in [2.45, 2.75) is 6.92 Å². The standard InChI is InChI=1S/C11H8N2O2.ClH/c1-7-9-6-15-10-5-3-2-4-8(10)13(9)11(14)12-7;/h2-6H,1H3;1H. The van der Waals surface area contributed by atoms with Crippen LogP contribution in [0.5, 0.6) is 0 Å². The van der Waals surface area contributed by atoms with Crippen LogP contribution in [0.2, 0.25) is 0 Å². The predicted molar refractivity (Wildman–Crippen MR) is 62.8 cm³/mol. The minimum absolute atomic E-state index is 0. The summed E-state index contributed by atoms with van der Waals surface area (Å²) in [5.74, 6) is 0. The Morgan fingerprint density at radius 3 is 2.88 bits per heavy atom. The molecule has 0 radical (unpaired) electrons. The molecule has 1 aromatic carbocycles. The Morgan fingerprint density at radius 2 is 2.06 bits per heavy atom. The van der Waals surface area contributed by atoms with E-state index >= 15 is 0 Å². The smallest absolute Gasteiger partial charge is 0.353 e. The van der Waals surface area contributed by atoms with E-state index < -0.39 is 0 Å². The van der Waals surface area contributed by atoms with Crippen LogP contribution < -0.4 is 5.69 Å². The van der Waals surface area contributed by atoms with E-state index in [9.17, 15) is 4.79 Å². The summed E-state index contributed by atoms with van der Waals surface area (Å²) in [6.45, 7) is 1.79. The Hall–Kier alpha value is -1.81. The van der Waals surface area contributed by atoms with E-state index in [1.165, 1.54) is 0 Å². The Bertz CT molecular complexity index is 671. The second-order valence-electron chi connectivity index (χ2n) is 3.40. The van der Waals surface area contributed by atoms with Crippen LogP contribution in [0, 0.1) is 6.92 Å². The topological polar surface area (TPSA) is 48.0 Å². The summed E-state index contributed by atoms with van der Waals surface area (Å²) in [5.41, 5.74) is 2.59. The molecule has 5 heteroatoms. The Labute approximate surface area is 97.3 Å². The number of aryl methyl sites for hydroxylation is 1. The Kier molecular flexibility index (Phi) is 2.44. The molecule has 0 N–H and O–H groups in total. The molecule has 82 valence electrons. The third kappa shape index (κ3) is 1.31. The van der Waals surface area contributed by atoms with Gasteiger partial charge in [-0.05, 0) is 19.1 Å². The van der Waals surface area contributed by atoms with Gasteiger partial charge in [-0.2, -0.15) is 4.98 Å². The van der Waals surface area contributed by atoms with Gasteiger partial charge in [0.25, 0.3) is 0 Å². The Morgan fingerprint density at radius 1 is 1.31 bits per heavy atom. The molecule has 0 amide bonds. The minimum atomic E-state index is -0.255. The molecular formula is C11H9ClN2O2. The molecule has 0 spiro atoms. The number of para-hydroxylation sites is 2. The summed E-state index contributed by atoms with van der Waals surface area (Å²) < 4.78 is 6.98. The molecule has 0 atom stereocenters. The second-order valence-corrected chi connectivity index (χ2v) is 3.40. The highest BCUT2D eigenvalue weighted by Gasteiger charge is 2.14. The molecule has 0 bridgehead atoms. The number of fused-ring (bicyclic) bond motifs is 3. The number of aromatic nitrogens is 2. The van der Waals surface area contributed by atoms with Gasteiger partial charge in [0.15, 0.2) is 5.58 Å². The van der Waals surface area contributed by atoms with Gasteiger partial charge in [-0.25, -0.2) is 4.79 Å². The predicted octanol–water partition coefficient (Wildman–Crippen LogP) is 2.15. The van der Waals surface area contributed by atoms with E-state index in [1.807, 2.05) is 24.3 Å². The summed E-state index contributed by atoms with van der Waals surface area (Å²) >= 11 is 0. The van der Waals surface area contributed by atoms with Gasteiger partial charge < -0.3 is 4.42 Å². The van der Waals surface area contributed by atoms with Crippen LogP contribution in [0.15, 0.2) is 39.7 Å². The van der Waals surface area contributed by atoms with Gasteiger partial charge in [-0.3, -0.25) is 4.57 Å². The molecule has 2 aliphatic heterocycles. The van der Waals surface area contributed by atoms with Crippen LogP contribution in [0.3, 0.4) is 0 Å². The molecule has 0 unspecified atom stereocenters. The highest BCUT2D eigenvalue weighted by molar-refractivity contribution is 5.85. The Balaban J connectivity index is 0.000000963. The average molecular weight is 237 g/mol. The molecule has 2 heterocycles. The molecule has 0 fully saturated rings. The van der Waals surface area contributed by atoms with Crippen LogP contribution in [0.1, 0.15) is 5.69 Å². The first-order valence-electron chi connectivity index (χ1n) is 4.63. The van der Waals surface area contributed by atoms with Crippen LogP contribution in [-0.2, 0) is 0 Å². The molecule has 0 aromatic heterocycles. The van der Waals surface area contributed by atoms with Crippen molar-refractivity contribution in [1.82, 2.24) is 9.55 Å². The normalized spacial score (nSPS) is 10.6. The molecular weight excluding hydrogens is 228 g/mol. The first-order chi connectivity index (χ1) is 7.27. The highest BCUT2D eigenvalue weighted by Crippen LogP contribution is 2.20. The second kappa shape index (κ2) is 3.64. The summed E-state index contributed by atoms with van der Waals surface area (Å²) in [6.07, 6.45) is 1.56. The SMILES string of the molecule is Cc1nc(=O)n2c3ccccc3occ1-2.Cl. The van der Waals surface area contributed by atoms with Crippen molar-refractivity contribution in [1.29, 1.82) is 0 Å². The van der Waals surface area contributed by atoms with Crippen LogP contribution in [-0.4, -0.2) is 9.55 Å². The third-order valence-corrected chi connectivity index (χ3v) is 2.47. The largest absolute Gasteiger partial charge is 0.461 e. The first kappa shape index (κ1) is 10.7. The van der Waals surface area contributed by atoms with Crippen molar-refractivity contribution in [3.8, 4) is 5.69 Å². The van der Waals surface area contributed by atoms with Crippen molar-refractivity contribution >= 4 is 23.5 Å². The molecule has 4 nitrogen and oxygen atoms in total. The van der Waals surface area contributed by atoms with Crippen molar-refractivity contribution < 1.29 is 4.42 Å². The van der Waals surface area contributed by atoms with E-state index in [-0.39, 0.29) is 18.1 Å². The molecule has 3 rings (SSSR count). The zero-order valence-electron chi connectivity index (χ0n) is 8.51. The van der Waals surface area contributed by atoms with Gasteiger partial charge in [0.2, 0.25) is 0 Å². The fourth-order valence-corrected chi connectivity index (χ4v) is 1.75. The van der Waals surface area contributed by atoms with Crippen LogP contribution in [0.4, 0.5) is 0 Å². The van der Waals surface area contributed by atoms with E-state index in [1.54, 1.807) is 17.8 Å². The first-order valence-corrected chi connectivity index (χ1v) is 4.63. The lowest BCUT2D eigenvalue weighted by Gasteiger charge is -2.05.